The summed E-state index contributed by atoms with van der Waals surface area (Å²) < 4.78 is 52.7. The van der Waals surface area contributed by atoms with Gasteiger partial charge in [-0.05, 0) is 43.5 Å². The second-order valence-electron chi connectivity index (χ2n) is 8.83. The molecule has 0 aliphatic carbocycles. The van der Waals surface area contributed by atoms with Gasteiger partial charge in [0.1, 0.15) is 6.04 Å². The van der Waals surface area contributed by atoms with E-state index in [-0.39, 0.29) is 37.5 Å². The maximum atomic E-state index is 13.8. The number of benzene rings is 2. The Morgan fingerprint density at radius 1 is 1.03 bits per heavy atom. The molecule has 0 spiro atoms. The molecule has 0 saturated carbocycles. The third-order valence-corrected chi connectivity index (χ3v) is 7.85. The lowest BCUT2D eigenvalue weighted by molar-refractivity contribution is -0.141. The number of unbranched alkanes of at least 4 members (excludes halogenated alkanes) is 1. The van der Waals surface area contributed by atoms with E-state index in [1.165, 1.54) is 4.90 Å². The number of rotatable bonds is 14. The van der Waals surface area contributed by atoms with Gasteiger partial charge >= 0.3 is 0 Å². The van der Waals surface area contributed by atoms with Gasteiger partial charge in [-0.3, -0.25) is 13.9 Å². The van der Waals surface area contributed by atoms with Crippen LogP contribution < -0.4 is 9.62 Å². The van der Waals surface area contributed by atoms with Crippen molar-refractivity contribution in [3.8, 4) is 0 Å². The second kappa shape index (κ2) is 14.6. The molecule has 1 N–H and O–H groups in total. The van der Waals surface area contributed by atoms with E-state index in [1.807, 2.05) is 6.92 Å². The Morgan fingerprint density at radius 3 is 2.24 bits per heavy atom. The SMILES string of the molecule is CCCCNC(=O)[C@@H](CC)N(Cc1c(Cl)cccc1Cl)C(=O)CCCN(c1ccc(F)c(F)c1)S(C)(=O)=O. The summed E-state index contributed by atoms with van der Waals surface area (Å²) in [7, 11) is -3.85. The highest BCUT2D eigenvalue weighted by molar-refractivity contribution is 7.92. The largest absolute Gasteiger partial charge is 0.354 e. The van der Waals surface area contributed by atoms with Crippen LogP contribution in [0.15, 0.2) is 36.4 Å². The van der Waals surface area contributed by atoms with Crippen molar-refractivity contribution in [3.63, 3.8) is 0 Å². The first kappa shape index (κ1) is 31.8. The number of hydrogen-bond donors (Lipinski definition) is 1. The summed E-state index contributed by atoms with van der Waals surface area (Å²) in [5.74, 6) is -3.00. The Hall–Kier alpha value is -2.43. The smallest absolute Gasteiger partial charge is 0.242 e. The summed E-state index contributed by atoms with van der Waals surface area (Å²) in [5, 5.41) is 3.55. The zero-order valence-electron chi connectivity index (χ0n) is 21.6. The Morgan fingerprint density at radius 2 is 1.68 bits per heavy atom. The number of carbonyl (C=O) groups is 2. The van der Waals surface area contributed by atoms with Crippen LogP contribution in [0.3, 0.4) is 0 Å². The monoisotopic (exact) mass is 591 g/mol. The van der Waals surface area contributed by atoms with E-state index in [0.29, 0.717) is 28.6 Å². The first-order chi connectivity index (χ1) is 17.9. The van der Waals surface area contributed by atoms with Crippen LogP contribution in [0.5, 0.6) is 0 Å². The molecule has 2 amide bonds. The standard InChI is InChI=1S/C26H33Cl2F2N3O4S/c1-4-6-14-31-26(35)24(5-2)32(17-19-20(27)9-7-10-21(19)28)25(34)11-8-15-33(38(3,36)37)18-12-13-22(29)23(30)16-18/h7,9-10,12-13,16,24H,4-6,8,11,14-15,17H2,1-3H3,(H,31,35)/t24-/m1/s1. The van der Waals surface area contributed by atoms with Gasteiger partial charge in [0.2, 0.25) is 21.8 Å². The predicted octanol–water partition coefficient (Wildman–Crippen LogP) is 5.54. The lowest BCUT2D eigenvalue weighted by Crippen LogP contribution is -2.49. The Bertz CT molecular complexity index is 1210. The van der Waals surface area contributed by atoms with Gasteiger partial charge in [0.25, 0.3) is 0 Å². The van der Waals surface area contributed by atoms with Crippen LogP contribution in [0.2, 0.25) is 10.0 Å². The average molecular weight is 593 g/mol. The van der Waals surface area contributed by atoms with Gasteiger partial charge < -0.3 is 10.2 Å². The quantitative estimate of drug-likeness (QED) is 0.292. The molecule has 0 heterocycles. The van der Waals surface area contributed by atoms with E-state index in [2.05, 4.69) is 5.32 Å². The highest BCUT2D eigenvalue weighted by Crippen LogP contribution is 2.28. The molecule has 2 aromatic carbocycles. The van der Waals surface area contributed by atoms with Crippen molar-refractivity contribution in [1.29, 1.82) is 0 Å². The maximum absolute atomic E-state index is 13.8. The number of amides is 2. The lowest BCUT2D eigenvalue weighted by Gasteiger charge is -2.31. The number of nitrogens with one attached hydrogen (secondary N) is 1. The molecule has 2 aromatic rings. The molecule has 0 bridgehead atoms. The minimum absolute atomic E-state index is 0.0178. The maximum Gasteiger partial charge on any atom is 0.242 e. The Labute approximate surface area is 233 Å². The molecule has 0 aromatic heterocycles. The van der Waals surface area contributed by atoms with E-state index >= 15 is 0 Å². The summed E-state index contributed by atoms with van der Waals surface area (Å²) in [4.78, 5) is 27.8. The Kier molecular flexibility index (Phi) is 12.3. The fourth-order valence-electron chi connectivity index (χ4n) is 3.92. The summed E-state index contributed by atoms with van der Waals surface area (Å²) >= 11 is 12.7. The van der Waals surface area contributed by atoms with Crippen LogP contribution in [0, 0.1) is 11.6 Å². The highest BCUT2D eigenvalue weighted by atomic mass is 35.5. The molecule has 7 nitrogen and oxygen atoms in total. The Balaban J connectivity index is 2.27. The molecule has 0 aliphatic rings. The van der Waals surface area contributed by atoms with Gasteiger partial charge in [-0.15, -0.1) is 0 Å². The topological polar surface area (TPSA) is 86.8 Å². The third-order valence-electron chi connectivity index (χ3n) is 5.95. The van der Waals surface area contributed by atoms with Crippen molar-refractivity contribution in [2.24, 2.45) is 0 Å². The van der Waals surface area contributed by atoms with E-state index < -0.39 is 33.6 Å². The molecular weight excluding hydrogens is 559 g/mol. The molecule has 12 heteroatoms. The summed E-state index contributed by atoms with van der Waals surface area (Å²) in [6.07, 6.45) is 2.90. The van der Waals surface area contributed by atoms with Crippen molar-refractivity contribution in [2.75, 3.05) is 23.7 Å². The van der Waals surface area contributed by atoms with Gasteiger partial charge in [-0.1, -0.05) is 49.5 Å². The van der Waals surface area contributed by atoms with E-state index in [1.54, 1.807) is 25.1 Å². The minimum atomic E-state index is -3.85. The predicted molar refractivity (Wildman–Crippen MR) is 147 cm³/mol. The fourth-order valence-corrected chi connectivity index (χ4v) is 5.40. The molecule has 210 valence electrons. The number of sulfonamides is 1. The van der Waals surface area contributed by atoms with Gasteiger partial charge in [-0.25, -0.2) is 17.2 Å². The van der Waals surface area contributed by atoms with Crippen LogP contribution in [0.4, 0.5) is 14.5 Å². The summed E-state index contributed by atoms with van der Waals surface area (Å²) in [6, 6.07) is 6.93. The number of carbonyl (C=O) groups excluding carboxylic acids is 2. The van der Waals surface area contributed by atoms with Crippen LogP contribution in [0.25, 0.3) is 0 Å². The van der Waals surface area contributed by atoms with E-state index in [9.17, 15) is 26.8 Å². The molecule has 0 unspecified atom stereocenters. The molecule has 0 aliphatic heterocycles. The van der Waals surface area contributed by atoms with Crippen LogP contribution in [0.1, 0.15) is 51.5 Å². The third kappa shape index (κ3) is 8.81. The van der Waals surface area contributed by atoms with Crippen molar-refractivity contribution in [3.05, 3.63) is 63.6 Å². The molecule has 38 heavy (non-hydrogen) atoms. The van der Waals surface area contributed by atoms with Gasteiger partial charge in [0.05, 0.1) is 11.9 Å². The van der Waals surface area contributed by atoms with Gasteiger partial charge in [0.15, 0.2) is 11.6 Å². The van der Waals surface area contributed by atoms with Crippen molar-refractivity contribution < 1.29 is 26.8 Å². The summed E-state index contributed by atoms with van der Waals surface area (Å²) in [6.45, 7) is 4.08. The van der Waals surface area contributed by atoms with Crippen molar-refractivity contribution in [2.45, 2.75) is 58.5 Å². The fraction of sp³-hybridized carbons (Fsp3) is 0.462. The number of nitrogens with zero attached hydrogens (tertiary/aromatic N) is 2. The zero-order chi connectivity index (χ0) is 28.5. The van der Waals surface area contributed by atoms with Crippen LogP contribution in [-0.2, 0) is 26.2 Å². The molecular formula is C26H33Cl2F2N3O4S. The molecule has 0 fully saturated rings. The van der Waals surface area contributed by atoms with Crippen molar-refractivity contribution in [1.82, 2.24) is 10.2 Å². The number of hydrogen-bond acceptors (Lipinski definition) is 4. The average Bonchev–Trinajstić information content (AvgIpc) is 2.84. The first-order valence-corrected chi connectivity index (χ1v) is 14.9. The highest BCUT2D eigenvalue weighted by Gasteiger charge is 2.30. The second-order valence-corrected chi connectivity index (χ2v) is 11.5. The zero-order valence-corrected chi connectivity index (χ0v) is 24.0. The van der Waals surface area contributed by atoms with Crippen LogP contribution >= 0.6 is 23.2 Å². The summed E-state index contributed by atoms with van der Waals surface area (Å²) in [5.41, 5.74) is 0.434. The van der Waals surface area contributed by atoms with Gasteiger partial charge in [-0.2, -0.15) is 0 Å². The van der Waals surface area contributed by atoms with Crippen LogP contribution in [-0.4, -0.2) is 50.5 Å². The molecule has 0 radical (unpaired) electrons. The first-order valence-electron chi connectivity index (χ1n) is 12.3. The molecule has 1 atom stereocenters. The van der Waals surface area contributed by atoms with Gasteiger partial charge in [0, 0.05) is 47.7 Å². The van der Waals surface area contributed by atoms with E-state index in [0.717, 1.165) is 41.6 Å². The lowest BCUT2D eigenvalue weighted by atomic mass is 10.1. The van der Waals surface area contributed by atoms with E-state index in [4.69, 9.17) is 23.2 Å². The number of halogens is 4. The minimum Gasteiger partial charge on any atom is -0.354 e. The molecule has 2 rings (SSSR count). The molecule has 0 saturated heterocycles. The van der Waals surface area contributed by atoms with Crippen molar-refractivity contribution >= 4 is 50.7 Å². The normalized spacial score (nSPS) is 12.2. The number of anilines is 1.